The van der Waals surface area contributed by atoms with Crippen LogP contribution in [0.25, 0.3) is 0 Å². The van der Waals surface area contributed by atoms with Gasteiger partial charge in [-0.25, -0.2) is 17.6 Å². The molecule has 0 spiro atoms. The van der Waals surface area contributed by atoms with Crippen molar-refractivity contribution in [3.05, 3.63) is 35.1 Å². The Morgan fingerprint density at radius 1 is 1.38 bits per heavy atom. The van der Waals surface area contributed by atoms with Gasteiger partial charge in [0.15, 0.2) is 0 Å². The summed E-state index contributed by atoms with van der Waals surface area (Å²) in [5.74, 6) is -3.09. The van der Waals surface area contributed by atoms with Crippen molar-refractivity contribution in [3.8, 4) is 0 Å². The number of halogens is 1. The highest BCUT2D eigenvalue weighted by atomic mass is 32.2. The first kappa shape index (κ1) is 17.1. The van der Waals surface area contributed by atoms with Crippen LogP contribution in [0.1, 0.15) is 22.3 Å². The molecule has 0 fully saturated rings. The van der Waals surface area contributed by atoms with Crippen molar-refractivity contribution in [3.63, 3.8) is 0 Å². The molecule has 0 aliphatic carbocycles. The van der Waals surface area contributed by atoms with Gasteiger partial charge in [-0.3, -0.25) is 4.79 Å². The highest BCUT2D eigenvalue weighted by Crippen LogP contribution is 2.11. The molecule has 1 atom stereocenters. The number of hydrogen-bond acceptors (Lipinski definition) is 4. The summed E-state index contributed by atoms with van der Waals surface area (Å²) >= 11 is 0. The summed E-state index contributed by atoms with van der Waals surface area (Å²) in [6, 6.07) is 2.23. The zero-order valence-corrected chi connectivity index (χ0v) is 12.4. The van der Waals surface area contributed by atoms with Crippen LogP contribution in [0.3, 0.4) is 0 Å². The Kier molecular flexibility index (Phi) is 5.42. The molecule has 0 aromatic heterocycles. The number of carboxylic acids is 1. The largest absolute Gasteiger partial charge is 0.480 e. The molecule has 0 aliphatic rings. The molecule has 0 heterocycles. The van der Waals surface area contributed by atoms with Gasteiger partial charge in [-0.2, -0.15) is 0 Å². The lowest BCUT2D eigenvalue weighted by Gasteiger charge is -2.15. The van der Waals surface area contributed by atoms with Crippen LogP contribution in [-0.4, -0.2) is 43.5 Å². The summed E-state index contributed by atoms with van der Waals surface area (Å²) in [6.07, 6.45) is 0.721. The monoisotopic (exact) mass is 317 g/mol. The fraction of sp³-hybridized carbons (Fsp3) is 0.385. The first-order valence-corrected chi connectivity index (χ1v) is 8.14. The van der Waals surface area contributed by atoms with E-state index in [0.29, 0.717) is 5.56 Å². The molecule has 0 radical (unpaired) electrons. The Hall–Kier alpha value is -1.96. The average Bonchev–Trinajstić information content (AvgIpc) is 2.35. The van der Waals surface area contributed by atoms with Gasteiger partial charge in [0.1, 0.15) is 21.7 Å². The Labute approximate surface area is 121 Å². The smallest absolute Gasteiger partial charge is 0.326 e. The third-order valence-corrected chi connectivity index (χ3v) is 3.80. The molecule has 6 nitrogen and oxygen atoms in total. The molecule has 0 saturated heterocycles. The summed E-state index contributed by atoms with van der Waals surface area (Å²) in [4.78, 5) is 23.0. The number of carbonyl (C=O) groups is 2. The molecule has 1 aromatic carbocycles. The molecular formula is C13H16FNO5S. The van der Waals surface area contributed by atoms with Crippen molar-refractivity contribution in [1.82, 2.24) is 5.32 Å². The van der Waals surface area contributed by atoms with Gasteiger partial charge in [0.25, 0.3) is 5.91 Å². The lowest BCUT2D eigenvalue weighted by molar-refractivity contribution is -0.139. The van der Waals surface area contributed by atoms with E-state index in [1.165, 1.54) is 12.1 Å². The van der Waals surface area contributed by atoms with Gasteiger partial charge in [0, 0.05) is 11.8 Å². The van der Waals surface area contributed by atoms with E-state index in [-0.39, 0.29) is 17.7 Å². The third-order valence-electron chi connectivity index (χ3n) is 2.82. The highest BCUT2D eigenvalue weighted by Gasteiger charge is 2.23. The first-order chi connectivity index (χ1) is 9.60. The number of amides is 1. The normalized spacial score (nSPS) is 12.7. The standard InChI is InChI=1S/C13H16FNO5S/c1-8-3-4-9(14)7-10(8)12(16)15-11(13(17)18)5-6-21(2,19)20/h3-4,7,11H,5-6H2,1-2H3,(H,15,16)(H,17,18). The Bertz CT molecular complexity index is 657. The molecule has 1 amide bonds. The molecule has 0 saturated carbocycles. The molecule has 8 heteroatoms. The molecule has 2 N–H and O–H groups in total. The van der Waals surface area contributed by atoms with E-state index >= 15 is 0 Å². The SMILES string of the molecule is Cc1ccc(F)cc1C(=O)NC(CCS(C)(=O)=O)C(=O)O. The van der Waals surface area contributed by atoms with Crippen LogP contribution in [-0.2, 0) is 14.6 Å². The van der Waals surface area contributed by atoms with E-state index < -0.39 is 33.6 Å². The minimum Gasteiger partial charge on any atom is -0.480 e. The van der Waals surface area contributed by atoms with Crippen molar-refractivity contribution < 1.29 is 27.5 Å². The predicted octanol–water partition coefficient (Wildman–Crippen LogP) is 0.752. The van der Waals surface area contributed by atoms with Gasteiger partial charge >= 0.3 is 5.97 Å². The molecule has 116 valence electrons. The number of aryl methyl sites for hydroxylation is 1. The fourth-order valence-corrected chi connectivity index (χ4v) is 2.33. The van der Waals surface area contributed by atoms with Crippen molar-refractivity contribution in [2.75, 3.05) is 12.0 Å². The minimum absolute atomic E-state index is 0.0144. The van der Waals surface area contributed by atoms with Crippen LogP contribution >= 0.6 is 0 Å². The molecule has 21 heavy (non-hydrogen) atoms. The summed E-state index contributed by atoms with van der Waals surface area (Å²) in [6.45, 7) is 1.58. The maximum atomic E-state index is 13.1. The lowest BCUT2D eigenvalue weighted by Crippen LogP contribution is -2.42. The second kappa shape index (κ2) is 6.66. The number of benzene rings is 1. The average molecular weight is 317 g/mol. The second-order valence-corrected chi connectivity index (χ2v) is 7.00. The Balaban J connectivity index is 2.86. The van der Waals surface area contributed by atoms with E-state index in [1.54, 1.807) is 6.92 Å². The summed E-state index contributed by atoms with van der Waals surface area (Å²) in [5, 5.41) is 11.2. The van der Waals surface area contributed by atoms with Crippen molar-refractivity contribution in [2.24, 2.45) is 0 Å². The van der Waals surface area contributed by atoms with Gasteiger partial charge in [-0.1, -0.05) is 6.07 Å². The summed E-state index contributed by atoms with van der Waals surface area (Å²) < 4.78 is 35.2. The molecule has 1 unspecified atom stereocenters. The zero-order valence-electron chi connectivity index (χ0n) is 11.6. The molecule has 1 aromatic rings. The first-order valence-electron chi connectivity index (χ1n) is 6.07. The number of hydrogen-bond donors (Lipinski definition) is 2. The number of carbonyl (C=O) groups excluding carboxylic acids is 1. The highest BCUT2D eigenvalue weighted by molar-refractivity contribution is 7.90. The second-order valence-electron chi connectivity index (χ2n) is 4.74. The van der Waals surface area contributed by atoms with E-state index in [4.69, 9.17) is 5.11 Å². The van der Waals surface area contributed by atoms with Crippen LogP contribution in [0, 0.1) is 12.7 Å². The number of aliphatic carboxylic acids is 1. The molecule has 0 aliphatic heterocycles. The van der Waals surface area contributed by atoms with Gasteiger partial charge in [-0.15, -0.1) is 0 Å². The Morgan fingerprint density at radius 3 is 2.52 bits per heavy atom. The fourth-order valence-electron chi connectivity index (χ4n) is 1.66. The van der Waals surface area contributed by atoms with Crippen molar-refractivity contribution in [2.45, 2.75) is 19.4 Å². The Morgan fingerprint density at radius 2 is 2.00 bits per heavy atom. The summed E-state index contributed by atoms with van der Waals surface area (Å²) in [5.41, 5.74) is 0.502. The quantitative estimate of drug-likeness (QED) is 0.806. The van der Waals surface area contributed by atoms with Gasteiger partial charge in [0.05, 0.1) is 5.75 Å². The van der Waals surface area contributed by atoms with Crippen LogP contribution < -0.4 is 5.32 Å². The number of sulfone groups is 1. The minimum atomic E-state index is -3.34. The maximum absolute atomic E-state index is 13.1. The van der Waals surface area contributed by atoms with E-state index in [1.807, 2.05) is 0 Å². The summed E-state index contributed by atoms with van der Waals surface area (Å²) in [7, 11) is -3.34. The zero-order chi connectivity index (χ0) is 16.2. The van der Waals surface area contributed by atoms with E-state index in [0.717, 1.165) is 12.3 Å². The molecular weight excluding hydrogens is 301 g/mol. The van der Waals surface area contributed by atoms with Crippen LogP contribution in [0.15, 0.2) is 18.2 Å². The van der Waals surface area contributed by atoms with Gasteiger partial charge in [0.2, 0.25) is 0 Å². The van der Waals surface area contributed by atoms with E-state index in [2.05, 4.69) is 5.32 Å². The van der Waals surface area contributed by atoms with Gasteiger partial charge in [-0.05, 0) is 31.0 Å². The predicted molar refractivity (Wildman–Crippen MR) is 74.4 cm³/mol. The molecule has 0 bridgehead atoms. The van der Waals surface area contributed by atoms with Crippen molar-refractivity contribution in [1.29, 1.82) is 0 Å². The van der Waals surface area contributed by atoms with Crippen LogP contribution in [0.4, 0.5) is 4.39 Å². The number of carboxylic acid groups (broad SMARTS) is 1. The number of rotatable bonds is 6. The number of nitrogens with one attached hydrogen (secondary N) is 1. The topological polar surface area (TPSA) is 101 Å². The van der Waals surface area contributed by atoms with E-state index in [9.17, 15) is 22.4 Å². The molecule has 1 rings (SSSR count). The van der Waals surface area contributed by atoms with Crippen LogP contribution in [0.5, 0.6) is 0 Å². The maximum Gasteiger partial charge on any atom is 0.326 e. The third kappa shape index (κ3) is 5.50. The van der Waals surface area contributed by atoms with Crippen molar-refractivity contribution >= 4 is 21.7 Å². The van der Waals surface area contributed by atoms with Crippen LogP contribution in [0.2, 0.25) is 0 Å². The lowest BCUT2D eigenvalue weighted by atomic mass is 10.1. The van der Waals surface area contributed by atoms with Gasteiger partial charge < -0.3 is 10.4 Å².